The Balaban J connectivity index is 2.34. The number of methoxy groups -OCH3 is 1. The number of ether oxygens (including phenoxy) is 1. The fourth-order valence-corrected chi connectivity index (χ4v) is 2.09. The number of carboxylic acids is 1. The van der Waals surface area contributed by atoms with Gasteiger partial charge in [-0.3, -0.25) is 4.79 Å². The van der Waals surface area contributed by atoms with Gasteiger partial charge in [0.15, 0.2) is 0 Å². The molecule has 88 valence electrons. The maximum atomic E-state index is 11.1. The molecule has 1 heterocycles. The summed E-state index contributed by atoms with van der Waals surface area (Å²) in [6, 6.07) is 0. The largest absolute Gasteiger partial charge is 0.481 e. The number of rotatable bonds is 3. The van der Waals surface area contributed by atoms with E-state index in [9.17, 15) is 4.79 Å². The van der Waals surface area contributed by atoms with Gasteiger partial charge < -0.3 is 14.8 Å². The Hall–Kier alpha value is -1.36. The molecule has 5 nitrogen and oxygen atoms in total. The molecule has 0 bridgehead atoms. The second-order valence-electron chi connectivity index (χ2n) is 4.15. The fraction of sp³-hybridized carbons (Fsp3) is 0.636. The lowest BCUT2D eigenvalue weighted by Crippen LogP contribution is -2.17. The van der Waals surface area contributed by atoms with Gasteiger partial charge in [-0.1, -0.05) is 0 Å². The zero-order valence-corrected chi connectivity index (χ0v) is 9.49. The lowest BCUT2D eigenvalue weighted by Gasteiger charge is -2.16. The van der Waals surface area contributed by atoms with E-state index in [-0.39, 0.29) is 6.10 Å². The fourth-order valence-electron chi connectivity index (χ4n) is 2.09. The molecule has 1 aliphatic carbocycles. The molecule has 5 heteroatoms. The maximum Gasteiger partial charge on any atom is 0.312 e. The van der Waals surface area contributed by atoms with Crippen molar-refractivity contribution in [1.29, 1.82) is 0 Å². The molecule has 16 heavy (non-hydrogen) atoms. The average Bonchev–Trinajstić information content (AvgIpc) is 2.70. The van der Waals surface area contributed by atoms with Crippen molar-refractivity contribution in [2.45, 2.75) is 38.2 Å². The molecule has 0 radical (unpaired) electrons. The molecule has 0 spiro atoms. The van der Waals surface area contributed by atoms with Crippen LogP contribution in [0.4, 0.5) is 0 Å². The van der Waals surface area contributed by atoms with E-state index in [1.54, 1.807) is 7.11 Å². The molecule has 1 aromatic rings. The summed E-state index contributed by atoms with van der Waals surface area (Å²) in [6.45, 7) is 1.89. The number of aromatic nitrogens is 2. The topological polar surface area (TPSA) is 75.2 Å². The number of hydrogen-bond acceptors (Lipinski definition) is 3. The zero-order valence-electron chi connectivity index (χ0n) is 9.49. The molecule has 0 aromatic carbocycles. The van der Waals surface area contributed by atoms with Crippen molar-refractivity contribution in [3.63, 3.8) is 0 Å². The number of aromatic amines is 1. The van der Waals surface area contributed by atoms with Gasteiger partial charge in [-0.2, -0.15) is 0 Å². The Morgan fingerprint density at radius 3 is 3.06 bits per heavy atom. The highest BCUT2D eigenvalue weighted by Gasteiger charge is 2.30. The summed E-state index contributed by atoms with van der Waals surface area (Å²) >= 11 is 0. The maximum absolute atomic E-state index is 11.1. The third-order valence-corrected chi connectivity index (χ3v) is 3.12. The summed E-state index contributed by atoms with van der Waals surface area (Å²) in [7, 11) is 1.61. The van der Waals surface area contributed by atoms with E-state index < -0.39 is 11.9 Å². The van der Waals surface area contributed by atoms with E-state index >= 15 is 0 Å². The summed E-state index contributed by atoms with van der Waals surface area (Å²) < 4.78 is 5.17. The number of carboxylic acid groups (broad SMARTS) is 1. The van der Waals surface area contributed by atoms with Crippen LogP contribution in [0.25, 0.3) is 0 Å². The molecule has 1 aliphatic rings. The van der Waals surface area contributed by atoms with Gasteiger partial charge in [-0.05, 0) is 26.2 Å². The van der Waals surface area contributed by atoms with Crippen molar-refractivity contribution in [2.24, 2.45) is 0 Å². The zero-order chi connectivity index (χ0) is 11.7. The number of H-pyrrole nitrogens is 1. The van der Waals surface area contributed by atoms with Gasteiger partial charge in [0.1, 0.15) is 17.8 Å². The van der Waals surface area contributed by atoms with Gasteiger partial charge in [-0.25, -0.2) is 4.98 Å². The van der Waals surface area contributed by atoms with Crippen LogP contribution in [0.15, 0.2) is 0 Å². The van der Waals surface area contributed by atoms with E-state index in [1.807, 2.05) is 6.92 Å². The van der Waals surface area contributed by atoms with Crippen molar-refractivity contribution < 1.29 is 14.6 Å². The van der Waals surface area contributed by atoms with Crippen molar-refractivity contribution in [1.82, 2.24) is 9.97 Å². The minimum atomic E-state index is -0.788. The molecular weight excluding hydrogens is 208 g/mol. The number of aryl methyl sites for hydroxylation is 1. The van der Waals surface area contributed by atoms with Crippen LogP contribution in [0.1, 0.15) is 49.0 Å². The van der Waals surface area contributed by atoms with Gasteiger partial charge in [0.05, 0.1) is 5.69 Å². The smallest absolute Gasteiger partial charge is 0.312 e. The van der Waals surface area contributed by atoms with Crippen molar-refractivity contribution in [3.05, 3.63) is 17.2 Å². The van der Waals surface area contributed by atoms with Gasteiger partial charge in [-0.15, -0.1) is 0 Å². The van der Waals surface area contributed by atoms with Gasteiger partial charge in [0.2, 0.25) is 0 Å². The summed E-state index contributed by atoms with van der Waals surface area (Å²) in [4.78, 5) is 18.6. The van der Waals surface area contributed by atoms with E-state index in [4.69, 9.17) is 9.84 Å². The lowest BCUT2D eigenvalue weighted by molar-refractivity contribution is -0.139. The van der Waals surface area contributed by atoms with Crippen LogP contribution in [-0.2, 0) is 16.0 Å². The standard InChI is InChI=1S/C11H16N2O3/c1-6(16-2)10-12-8-5-3-4-7(11(14)15)9(8)13-10/h6-7H,3-5H2,1-2H3,(H,12,13)(H,14,15). The molecule has 0 saturated carbocycles. The van der Waals surface area contributed by atoms with E-state index in [0.717, 1.165) is 24.4 Å². The molecule has 2 rings (SSSR count). The molecular formula is C11H16N2O3. The number of nitrogens with one attached hydrogen (secondary N) is 1. The highest BCUT2D eigenvalue weighted by molar-refractivity contribution is 5.76. The van der Waals surface area contributed by atoms with Crippen molar-refractivity contribution in [3.8, 4) is 0 Å². The van der Waals surface area contributed by atoms with Gasteiger partial charge in [0, 0.05) is 12.8 Å². The van der Waals surface area contributed by atoms with Crippen LogP contribution >= 0.6 is 0 Å². The molecule has 2 atom stereocenters. The molecule has 0 aliphatic heterocycles. The number of carbonyl (C=O) groups is 1. The van der Waals surface area contributed by atoms with E-state index in [2.05, 4.69) is 9.97 Å². The monoisotopic (exact) mass is 224 g/mol. The Morgan fingerprint density at radius 2 is 2.44 bits per heavy atom. The van der Waals surface area contributed by atoms with Crippen molar-refractivity contribution >= 4 is 5.97 Å². The molecule has 0 saturated heterocycles. The molecule has 0 fully saturated rings. The first-order valence-corrected chi connectivity index (χ1v) is 5.47. The first kappa shape index (κ1) is 11.1. The highest BCUT2D eigenvalue weighted by atomic mass is 16.5. The number of fused-ring (bicyclic) bond motifs is 1. The van der Waals surface area contributed by atoms with Crippen LogP contribution in [-0.4, -0.2) is 28.2 Å². The normalized spacial score (nSPS) is 21.5. The van der Waals surface area contributed by atoms with Crippen LogP contribution in [0.3, 0.4) is 0 Å². The lowest BCUT2D eigenvalue weighted by atomic mass is 9.90. The summed E-state index contributed by atoms with van der Waals surface area (Å²) in [5.74, 6) is -0.525. The minimum Gasteiger partial charge on any atom is -0.481 e. The van der Waals surface area contributed by atoms with Crippen molar-refractivity contribution in [2.75, 3.05) is 7.11 Å². The summed E-state index contributed by atoms with van der Waals surface area (Å²) in [5, 5.41) is 9.10. The minimum absolute atomic E-state index is 0.125. The van der Waals surface area contributed by atoms with Gasteiger partial charge in [0.25, 0.3) is 0 Å². The molecule has 2 unspecified atom stereocenters. The summed E-state index contributed by atoms with van der Waals surface area (Å²) in [6.07, 6.45) is 2.32. The highest BCUT2D eigenvalue weighted by Crippen LogP contribution is 2.31. The Morgan fingerprint density at radius 1 is 1.69 bits per heavy atom. The van der Waals surface area contributed by atoms with Crippen LogP contribution < -0.4 is 0 Å². The van der Waals surface area contributed by atoms with Gasteiger partial charge >= 0.3 is 5.97 Å². The van der Waals surface area contributed by atoms with Crippen LogP contribution in [0, 0.1) is 0 Å². The van der Waals surface area contributed by atoms with E-state index in [1.165, 1.54) is 0 Å². The number of imidazole rings is 1. The number of nitrogens with zero attached hydrogens (tertiary/aromatic N) is 1. The predicted molar refractivity (Wildman–Crippen MR) is 57.3 cm³/mol. The Bertz CT molecular complexity index is 400. The summed E-state index contributed by atoms with van der Waals surface area (Å²) in [5.41, 5.74) is 1.65. The third kappa shape index (κ3) is 1.82. The average molecular weight is 224 g/mol. The second kappa shape index (κ2) is 4.25. The molecule has 0 amide bonds. The molecule has 2 N–H and O–H groups in total. The predicted octanol–water partition coefficient (Wildman–Crippen LogP) is 1.62. The van der Waals surface area contributed by atoms with Crippen LogP contribution in [0.2, 0.25) is 0 Å². The first-order chi connectivity index (χ1) is 7.63. The quantitative estimate of drug-likeness (QED) is 0.818. The second-order valence-corrected chi connectivity index (χ2v) is 4.15. The number of aliphatic carboxylic acids is 1. The van der Waals surface area contributed by atoms with E-state index in [0.29, 0.717) is 12.1 Å². The number of hydrogen-bond donors (Lipinski definition) is 2. The molecule has 1 aromatic heterocycles. The SMILES string of the molecule is COC(C)c1nc2c([nH]1)CCCC2C(=O)O. The first-order valence-electron chi connectivity index (χ1n) is 5.47. The Kier molecular flexibility index (Phi) is 2.96. The van der Waals surface area contributed by atoms with Crippen LogP contribution in [0.5, 0.6) is 0 Å². The third-order valence-electron chi connectivity index (χ3n) is 3.12. The Labute approximate surface area is 93.8 Å².